The first-order valence-corrected chi connectivity index (χ1v) is 12.0. The summed E-state index contributed by atoms with van der Waals surface area (Å²) in [4.78, 5) is 0. The normalized spacial score (nSPS) is 28.8. The first kappa shape index (κ1) is 20.7. The maximum atomic E-state index is 5.69. The van der Waals surface area contributed by atoms with Crippen molar-refractivity contribution in [1.82, 2.24) is 0 Å². The van der Waals surface area contributed by atoms with E-state index in [1.165, 1.54) is 82.6 Å². The van der Waals surface area contributed by atoms with Crippen LogP contribution in [0.1, 0.15) is 96.5 Å². The van der Waals surface area contributed by atoms with Crippen LogP contribution in [0.4, 0.5) is 0 Å². The maximum Gasteiger partial charge on any atom is 0.119 e. The zero-order chi connectivity index (χ0) is 18.9. The van der Waals surface area contributed by atoms with Gasteiger partial charge < -0.3 is 4.74 Å². The lowest BCUT2D eigenvalue weighted by atomic mass is 9.68. The van der Waals surface area contributed by atoms with Gasteiger partial charge in [0.2, 0.25) is 0 Å². The zero-order valence-electron chi connectivity index (χ0n) is 17.9. The third-order valence-corrected chi connectivity index (χ3v) is 7.38. The van der Waals surface area contributed by atoms with Crippen molar-refractivity contribution in [2.24, 2.45) is 23.7 Å². The molecular weight excluding hydrogens is 328 g/mol. The molecule has 0 amide bonds. The van der Waals surface area contributed by atoms with Crippen LogP contribution in [0.3, 0.4) is 0 Å². The highest BCUT2D eigenvalue weighted by Crippen LogP contribution is 2.42. The molecular formula is C26H42O. The number of rotatable bonds is 9. The summed E-state index contributed by atoms with van der Waals surface area (Å²) in [7, 11) is 0. The summed E-state index contributed by atoms with van der Waals surface area (Å²) in [6.07, 6.45) is 18.7. The SMILES string of the molecule is CCCOc1ccc(CCC2CCC(C3CCC(CCC)CC3)CC2)cc1. The van der Waals surface area contributed by atoms with Crippen molar-refractivity contribution in [2.75, 3.05) is 6.61 Å². The molecule has 3 rings (SSSR count). The third-order valence-electron chi connectivity index (χ3n) is 7.38. The van der Waals surface area contributed by atoms with Gasteiger partial charge in [0, 0.05) is 0 Å². The minimum Gasteiger partial charge on any atom is -0.494 e. The molecule has 0 aromatic heterocycles. The van der Waals surface area contributed by atoms with Crippen LogP contribution < -0.4 is 4.74 Å². The van der Waals surface area contributed by atoms with E-state index in [0.717, 1.165) is 42.4 Å². The van der Waals surface area contributed by atoms with Gasteiger partial charge in [0.05, 0.1) is 6.61 Å². The molecule has 0 atom stereocenters. The van der Waals surface area contributed by atoms with Gasteiger partial charge in [-0.15, -0.1) is 0 Å². The van der Waals surface area contributed by atoms with Crippen molar-refractivity contribution in [3.63, 3.8) is 0 Å². The quantitative estimate of drug-likeness (QED) is 0.430. The molecule has 1 heteroatoms. The highest BCUT2D eigenvalue weighted by atomic mass is 16.5. The second-order valence-electron chi connectivity index (χ2n) is 9.38. The van der Waals surface area contributed by atoms with Gasteiger partial charge in [0.1, 0.15) is 5.75 Å². The number of hydrogen-bond acceptors (Lipinski definition) is 1. The van der Waals surface area contributed by atoms with Gasteiger partial charge in [-0.25, -0.2) is 0 Å². The van der Waals surface area contributed by atoms with E-state index in [4.69, 9.17) is 4.74 Å². The van der Waals surface area contributed by atoms with Crippen LogP contribution in [0.15, 0.2) is 24.3 Å². The lowest BCUT2D eigenvalue weighted by Gasteiger charge is -2.38. The lowest BCUT2D eigenvalue weighted by molar-refractivity contribution is 0.141. The lowest BCUT2D eigenvalue weighted by Crippen LogP contribution is -2.26. The Bertz CT molecular complexity index is 504. The van der Waals surface area contributed by atoms with Gasteiger partial charge in [0.25, 0.3) is 0 Å². The van der Waals surface area contributed by atoms with E-state index in [1.54, 1.807) is 0 Å². The Kier molecular flexibility index (Phi) is 8.55. The molecule has 1 nitrogen and oxygen atoms in total. The van der Waals surface area contributed by atoms with Crippen molar-refractivity contribution in [3.05, 3.63) is 29.8 Å². The van der Waals surface area contributed by atoms with Gasteiger partial charge in [-0.2, -0.15) is 0 Å². The van der Waals surface area contributed by atoms with Crippen molar-refractivity contribution in [3.8, 4) is 5.75 Å². The van der Waals surface area contributed by atoms with Crippen LogP contribution in [0.25, 0.3) is 0 Å². The molecule has 152 valence electrons. The standard InChI is InChI=1S/C26H42O/c1-3-5-21-8-14-24(15-9-21)25-16-10-22(11-17-25)6-7-23-12-18-26(19-13-23)27-20-4-2/h12-13,18-19,21-22,24-25H,3-11,14-17,20H2,1-2H3. The molecule has 2 aliphatic rings. The predicted molar refractivity (Wildman–Crippen MR) is 116 cm³/mol. The summed E-state index contributed by atoms with van der Waals surface area (Å²) in [6.45, 7) is 5.32. The van der Waals surface area contributed by atoms with Gasteiger partial charge in [-0.05, 0) is 86.3 Å². The molecule has 0 aliphatic heterocycles. The van der Waals surface area contributed by atoms with Crippen LogP contribution in [-0.2, 0) is 6.42 Å². The van der Waals surface area contributed by atoms with E-state index < -0.39 is 0 Å². The first-order valence-electron chi connectivity index (χ1n) is 12.0. The minimum absolute atomic E-state index is 0.822. The molecule has 0 radical (unpaired) electrons. The van der Waals surface area contributed by atoms with Crippen LogP contribution >= 0.6 is 0 Å². The van der Waals surface area contributed by atoms with Crippen molar-refractivity contribution in [1.29, 1.82) is 0 Å². The van der Waals surface area contributed by atoms with Crippen molar-refractivity contribution in [2.45, 2.75) is 97.3 Å². The molecule has 1 aromatic carbocycles. The second kappa shape index (κ2) is 11.1. The number of benzene rings is 1. The Morgan fingerprint density at radius 2 is 1.26 bits per heavy atom. The van der Waals surface area contributed by atoms with Crippen LogP contribution in [0.5, 0.6) is 5.75 Å². The van der Waals surface area contributed by atoms with E-state index in [1.807, 2.05) is 0 Å². The van der Waals surface area contributed by atoms with Crippen LogP contribution in [0, 0.1) is 23.7 Å². The number of aryl methyl sites for hydroxylation is 1. The average molecular weight is 371 g/mol. The summed E-state index contributed by atoms with van der Waals surface area (Å²) < 4.78 is 5.69. The summed E-state index contributed by atoms with van der Waals surface area (Å²) >= 11 is 0. The largest absolute Gasteiger partial charge is 0.494 e. The average Bonchev–Trinajstić information content (AvgIpc) is 2.73. The molecule has 0 heterocycles. The molecule has 27 heavy (non-hydrogen) atoms. The Morgan fingerprint density at radius 1 is 0.704 bits per heavy atom. The summed E-state index contributed by atoms with van der Waals surface area (Å²) in [5.74, 6) is 5.17. The van der Waals surface area contributed by atoms with E-state index in [0.29, 0.717) is 0 Å². The minimum atomic E-state index is 0.822. The van der Waals surface area contributed by atoms with E-state index in [2.05, 4.69) is 38.1 Å². The second-order valence-corrected chi connectivity index (χ2v) is 9.38. The highest BCUT2D eigenvalue weighted by molar-refractivity contribution is 5.27. The fourth-order valence-electron chi connectivity index (χ4n) is 5.65. The third kappa shape index (κ3) is 6.54. The predicted octanol–water partition coefficient (Wildman–Crippen LogP) is 7.82. The highest BCUT2D eigenvalue weighted by Gasteiger charge is 2.30. The Labute approximate surface area is 168 Å². The first-order chi connectivity index (χ1) is 13.3. The Hall–Kier alpha value is -0.980. The van der Waals surface area contributed by atoms with Gasteiger partial charge in [-0.3, -0.25) is 0 Å². The molecule has 1 aromatic rings. The summed E-state index contributed by atoms with van der Waals surface area (Å²) in [5, 5.41) is 0. The fraction of sp³-hybridized carbons (Fsp3) is 0.769. The van der Waals surface area contributed by atoms with Gasteiger partial charge in [0.15, 0.2) is 0 Å². The van der Waals surface area contributed by atoms with Crippen molar-refractivity contribution < 1.29 is 4.74 Å². The van der Waals surface area contributed by atoms with Crippen molar-refractivity contribution >= 4 is 0 Å². The smallest absolute Gasteiger partial charge is 0.119 e. The Balaban J connectivity index is 1.34. The molecule has 0 spiro atoms. The topological polar surface area (TPSA) is 9.23 Å². The molecule has 0 unspecified atom stereocenters. The van der Waals surface area contributed by atoms with E-state index in [-0.39, 0.29) is 0 Å². The van der Waals surface area contributed by atoms with Gasteiger partial charge >= 0.3 is 0 Å². The van der Waals surface area contributed by atoms with E-state index >= 15 is 0 Å². The molecule has 0 bridgehead atoms. The molecule has 2 fully saturated rings. The van der Waals surface area contributed by atoms with Gasteiger partial charge in [-0.1, -0.05) is 64.5 Å². The number of hydrogen-bond donors (Lipinski definition) is 0. The van der Waals surface area contributed by atoms with Crippen LogP contribution in [0.2, 0.25) is 0 Å². The summed E-state index contributed by atoms with van der Waals surface area (Å²) in [6, 6.07) is 8.84. The summed E-state index contributed by atoms with van der Waals surface area (Å²) in [5.41, 5.74) is 1.48. The fourth-order valence-corrected chi connectivity index (χ4v) is 5.65. The monoisotopic (exact) mass is 370 g/mol. The molecule has 2 saturated carbocycles. The molecule has 0 saturated heterocycles. The van der Waals surface area contributed by atoms with Crippen LogP contribution in [-0.4, -0.2) is 6.61 Å². The zero-order valence-corrected chi connectivity index (χ0v) is 17.9. The molecule has 2 aliphatic carbocycles. The van der Waals surface area contributed by atoms with E-state index in [9.17, 15) is 0 Å². The maximum absolute atomic E-state index is 5.69. The Morgan fingerprint density at radius 3 is 1.78 bits per heavy atom. The number of ether oxygens (including phenoxy) is 1. The molecule has 0 N–H and O–H groups in total.